The molecule has 0 aliphatic carbocycles. The Morgan fingerprint density at radius 1 is 1.10 bits per heavy atom. The van der Waals surface area contributed by atoms with Gasteiger partial charge in [0.1, 0.15) is 0 Å². The lowest BCUT2D eigenvalue weighted by Gasteiger charge is -2.33. The Morgan fingerprint density at radius 2 is 1.77 bits per heavy atom. The second-order valence-corrected chi connectivity index (χ2v) is 8.25. The topological polar surface area (TPSA) is 98.8 Å². The van der Waals surface area contributed by atoms with E-state index in [2.05, 4.69) is 10.6 Å². The number of nitrogens with one attached hydrogen (secondary N) is 2. The molecule has 1 atom stereocenters. The highest BCUT2D eigenvalue weighted by Crippen LogP contribution is 2.21. The number of benzene rings is 1. The normalized spacial score (nSPS) is 19.8. The molecule has 1 unspecified atom stereocenters. The molecule has 8 heteroatoms. The fourth-order valence-corrected chi connectivity index (χ4v) is 3.96. The van der Waals surface area contributed by atoms with Gasteiger partial charge in [-0.2, -0.15) is 0 Å². The van der Waals surface area contributed by atoms with Crippen LogP contribution >= 0.6 is 0 Å². The number of carbonyl (C=O) groups is 4. The highest BCUT2D eigenvalue weighted by molar-refractivity contribution is 5.96. The van der Waals surface area contributed by atoms with Crippen LogP contribution < -0.4 is 10.6 Å². The molecular formula is C22H30N4O4. The Labute approximate surface area is 177 Å². The maximum Gasteiger partial charge on any atom is 0.251 e. The van der Waals surface area contributed by atoms with E-state index in [-0.39, 0.29) is 54.6 Å². The largest absolute Gasteiger partial charge is 0.353 e. The highest BCUT2D eigenvalue weighted by Gasteiger charge is 2.36. The van der Waals surface area contributed by atoms with Crippen LogP contribution in [0, 0.1) is 5.92 Å². The van der Waals surface area contributed by atoms with E-state index in [0.29, 0.717) is 38.0 Å². The van der Waals surface area contributed by atoms with Crippen molar-refractivity contribution in [3.8, 4) is 0 Å². The summed E-state index contributed by atoms with van der Waals surface area (Å²) in [6.45, 7) is 5.40. The van der Waals surface area contributed by atoms with Crippen LogP contribution in [0.5, 0.6) is 0 Å². The van der Waals surface area contributed by atoms with Gasteiger partial charge in [-0.25, -0.2) is 0 Å². The molecule has 0 radical (unpaired) electrons. The second-order valence-electron chi connectivity index (χ2n) is 8.25. The van der Waals surface area contributed by atoms with Crippen molar-refractivity contribution in [3.63, 3.8) is 0 Å². The maximum atomic E-state index is 12.5. The number of hydrogen-bond acceptors (Lipinski definition) is 4. The van der Waals surface area contributed by atoms with Crippen LogP contribution in [0.4, 0.5) is 0 Å². The summed E-state index contributed by atoms with van der Waals surface area (Å²) < 4.78 is 0. The summed E-state index contributed by atoms with van der Waals surface area (Å²) in [7, 11) is 0. The van der Waals surface area contributed by atoms with E-state index < -0.39 is 0 Å². The molecule has 0 bridgehead atoms. The lowest BCUT2D eigenvalue weighted by molar-refractivity contribution is -0.132. The summed E-state index contributed by atoms with van der Waals surface area (Å²) in [5.74, 6) is -0.743. The minimum absolute atomic E-state index is 0.00339. The standard InChI is InChI=1S/C22H30N4O4/c1-15(2)26-14-17(12-19(26)27)22(30)24-18-8-10-25(11-9-18)20(28)13-23-21(29)16-6-4-3-5-7-16/h3-7,15,17-18H,8-14H2,1-2H3,(H,23,29)(H,24,30). The van der Waals surface area contributed by atoms with Crippen LogP contribution in [0.1, 0.15) is 43.5 Å². The molecule has 2 heterocycles. The van der Waals surface area contributed by atoms with Crippen molar-refractivity contribution >= 4 is 23.6 Å². The molecule has 4 amide bonds. The first-order valence-corrected chi connectivity index (χ1v) is 10.6. The molecule has 2 aliphatic rings. The van der Waals surface area contributed by atoms with Crippen LogP contribution in [0.25, 0.3) is 0 Å². The van der Waals surface area contributed by atoms with Gasteiger partial charge in [-0.15, -0.1) is 0 Å². The molecule has 8 nitrogen and oxygen atoms in total. The third-order valence-electron chi connectivity index (χ3n) is 5.78. The first-order valence-electron chi connectivity index (χ1n) is 10.6. The SMILES string of the molecule is CC(C)N1CC(C(=O)NC2CCN(C(=O)CNC(=O)c3ccccc3)CC2)CC1=O. The Hall–Kier alpha value is -2.90. The molecule has 2 N–H and O–H groups in total. The molecule has 1 aromatic rings. The zero-order valence-electron chi connectivity index (χ0n) is 17.6. The van der Waals surface area contributed by atoms with E-state index in [1.54, 1.807) is 34.1 Å². The van der Waals surface area contributed by atoms with Crippen LogP contribution in [-0.4, -0.2) is 71.7 Å². The third kappa shape index (κ3) is 5.37. The fourth-order valence-electron chi connectivity index (χ4n) is 3.96. The number of amides is 4. The number of hydrogen-bond donors (Lipinski definition) is 2. The van der Waals surface area contributed by atoms with Gasteiger partial charge < -0.3 is 20.4 Å². The first kappa shape index (κ1) is 21.8. The summed E-state index contributed by atoms with van der Waals surface area (Å²) in [5, 5.41) is 5.70. The van der Waals surface area contributed by atoms with Gasteiger partial charge in [0.2, 0.25) is 17.7 Å². The zero-order chi connectivity index (χ0) is 21.7. The van der Waals surface area contributed by atoms with E-state index in [1.165, 1.54) is 0 Å². The summed E-state index contributed by atoms with van der Waals surface area (Å²) >= 11 is 0. The average Bonchev–Trinajstić information content (AvgIpc) is 3.15. The lowest BCUT2D eigenvalue weighted by Crippen LogP contribution is -2.50. The van der Waals surface area contributed by atoms with E-state index >= 15 is 0 Å². The number of nitrogens with zero attached hydrogens (tertiary/aromatic N) is 2. The highest BCUT2D eigenvalue weighted by atomic mass is 16.2. The van der Waals surface area contributed by atoms with Gasteiger partial charge in [0, 0.05) is 43.7 Å². The van der Waals surface area contributed by atoms with Crippen LogP contribution in [0.3, 0.4) is 0 Å². The number of likely N-dealkylation sites (tertiary alicyclic amines) is 2. The Balaban J connectivity index is 1.39. The van der Waals surface area contributed by atoms with Gasteiger partial charge >= 0.3 is 0 Å². The average molecular weight is 415 g/mol. The molecule has 0 aromatic heterocycles. The minimum Gasteiger partial charge on any atom is -0.353 e. The smallest absolute Gasteiger partial charge is 0.251 e. The monoisotopic (exact) mass is 414 g/mol. The van der Waals surface area contributed by atoms with Gasteiger partial charge in [-0.1, -0.05) is 18.2 Å². The summed E-state index contributed by atoms with van der Waals surface area (Å²) in [6, 6.07) is 8.89. The quantitative estimate of drug-likeness (QED) is 0.719. The summed E-state index contributed by atoms with van der Waals surface area (Å²) in [5.41, 5.74) is 0.521. The lowest BCUT2D eigenvalue weighted by atomic mass is 10.0. The van der Waals surface area contributed by atoms with Crippen molar-refractivity contribution in [2.45, 2.75) is 45.2 Å². The van der Waals surface area contributed by atoms with Crippen LogP contribution in [0.15, 0.2) is 30.3 Å². The molecule has 162 valence electrons. The predicted molar refractivity (Wildman–Crippen MR) is 111 cm³/mol. The molecule has 2 fully saturated rings. The minimum atomic E-state index is -0.298. The van der Waals surface area contributed by atoms with Crippen LogP contribution in [0.2, 0.25) is 0 Å². The molecule has 2 saturated heterocycles. The second kappa shape index (κ2) is 9.73. The predicted octanol–water partition coefficient (Wildman–Crippen LogP) is 0.781. The maximum absolute atomic E-state index is 12.5. The number of rotatable bonds is 6. The van der Waals surface area contributed by atoms with Crippen molar-refractivity contribution in [1.29, 1.82) is 0 Å². The van der Waals surface area contributed by atoms with E-state index in [1.807, 2.05) is 19.9 Å². The van der Waals surface area contributed by atoms with E-state index in [0.717, 1.165) is 0 Å². The Bertz CT molecular complexity index is 788. The Kier molecular flexibility index (Phi) is 7.07. The van der Waals surface area contributed by atoms with Crippen LogP contribution in [-0.2, 0) is 14.4 Å². The van der Waals surface area contributed by atoms with E-state index in [4.69, 9.17) is 0 Å². The van der Waals surface area contributed by atoms with Crippen molar-refractivity contribution in [2.24, 2.45) is 5.92 Å². The van der Waals surface area contributed by atoms with Gasteiger partial charge in [0.25, 0.3) is 5.91 Å². The van der Waals surface area contributed by atoms with Gasteiger partial charge in [0.05, 0.1) is 12.5 Å². The first-order chi connectivity index (χ1) is 14.3. The van der Waals surface area contributed by atoms with Crippen molar-refractivity contribution in [1.82, 2.24) is 20.4 Å². The van der Waals surface area contributed by atoms with Gasteiger partial charge in [-0.05, 0) is 38.8 Å². The van der Waals surface area contributed by atoms with Crippen molar-refractivity contribution in [2.75, 3.05) is 26.2 Å². The number of piperidine rings is 1. The molecule has 1 aromatic carbocycles. The number of carbonyl (C=O) groups excluding carboxylic acids is 4. The van der Waals surface area contributed by atoms with E-state index in [9.17, 15) is 19.2 Å². The molecule has 3 rings (SSSR count). The Morgan fingerprint density at radius 3 is 2.37 bits per heavy atom. The fraction of sp³-hybridized carbons (Fsp3) is 0.545. The summed E-state index contributed by atoms with van der Waals surface area (Å²) in [6.07, 6.45) is 1.60. The molecule has 2 aliphatic heterocycles. The summed E-state index contributed by atoms with van der Waals surface area (Å²) in [4.78, 5) is 52.5. The van der Waals surface area contributed by atoms with Gasteiger partial charge in [-0.3, -0.25) is 19.2 Å². The molecular weight excluding hydrogens is 384 g/mol. The van der Waals surface area contributed by atoms with Crippen molar-refractivity contribution < 1.29 is 19.2 Å². The third-order valence-corrected chi connectivity index (χ3v) is 5.78. The molecule has 0 saturated carbocycles. The van der Waals surface area contributed by atoms with Gasteiger partial charge in [0.15, 0.2) is 0 Å². The molecule has 0 spiro atoms. The zero-order valence-corrected chi connectivity index (χ0v) is 17.6. The van der Waals surface area contributed by atoms with Crippen molar-refractivity contribution in [3.05, 3.63) is 35.9 Å². The molecule has 30 heavy (non-hydrogen) atoms.